The van der Waals surface area contributed by atoms with Crippen molar-refractivity contribution < 1.29 is 5.11 Å². The predicted molar refractivity (Wildman–Crippen MR) is 84.8 cm³/mol. The largest absolute Gasteiger partial charge is 0.388 e. The SMILES string of the molecule is CCCC(O)c1cccc(CCCc2ccccc2)c1. The van der Waals surface area contributed by atoms with Crippen LogP contribution in [-0.4, -0.2) is 5.11 Å². The molecule has 0 aliphatic heterocycles. The lowest BCUT2D eigenvalue weighted by Crippen LogP contribution is -1.98. The topological polar surface area (TPSA) is 20.2 Å². The van der Waals surface area contributed by atoms with Gasteiger partial charge in [-0.3, -0.25) is 0 Å². The molecule has 0 saturated carbocycles. The first-order chi connectivity index (χ1) is 9.79. The normalized spacial score (nSPS) is 12.3. The van der Waals surface area contributed by atoms with Crippen LogP contribution in [0.15, 0.2) is 54.6 Å². The highest BCUT2D eigenvalue weighted by Gasteiger charge is 2.06. The smallest absolute Gasteiger partial charge is 0.0790 e. The molecule has 0 radical (unpaired) electrons. The molecule has 106 valence electrons. The van der Waals surface area contributed by atoms with E-state index in [2.05, 4.69) is 55.5 Å². The summed E-state index contributed by atoms with van der Waals surface area (Å²) in [5.41, 5.74) is 3.78. The second-order valence-corrected chi connectivity index (χ2v) is 5.39. The summed E-state index contributed by atoms with van der Waals surface area (Å²) < 4.78 is 0. The van der Waals surface area contributed by atoms with Gasteiger partial charge in [0.25, 0.3) is 0 Å². The first-order valence-corrected chi connectivity index (χ1v) is 7.60. The van der Waals surface area contributed by atoms with E-state index in [0.717, 1.165) is 37.7 Å². The van der Waals surface area contributed by atoms with E-state index in [1.165, 1.54) is 11.1 Å². The quantitative estimate of drug-likeness (QED) is 0.772. The van der Waals surface area contributed by atoms with Gasteiger partial charge in [-0.15, -0.1) is 0 Å². The highest BCUT2D eigenvalue weighted by molar-refractivity contribution is 5.25. The number of hydrogen-bond donors (Lipinski definition) is 1. The van der Waals surface area contributed by atoms with E-state index in [1.807, 2.05) is 6.07 Å². The summed E-state index contributed by atoms with van der Waals surface area (Å²) in [4.78, 5) is 0. The van der Waals surface area contributed by atoms with Gasteiger partial charge in [0.15, 0.2) is 0 Å². The zero-order chi connectivity index (χ0) is 14.2. The fourth-order valence-electron chi connectivity index (χ4n) is 2.54. The molecular weight excluding hydrogens is 244 g/mol. The van der Waals surface area contributed by atoms with E-state index in [0.29, 0.717) is 0 Å². The fraction of sp³-hybridized carbons (Fsp3) is 0.368. The molecule has 0 aliphatic carbocycles. The van der Waals surface area contributed by atoms with Gasteiger partial charge >= 0.3 is 0 Å². The molecule has 0 fully saturated rings. The van der Waals surface area contributed by atoms with Gasteiger partial charge in [0.05, 0.1) is 6.10 Å². The minimum absolute atomic E-state index is 0.311. The van der Waals surface area contributed by atoms with Crippen LogP contribution < -0.4 is 0 Å². The highest BCUT2D eigenvalue weighted by atomic mass is 16.3. The second-order valence-electron chi connectivity index (χ2n) is 5.39. The van der Waals surface area contributed by atoms with Gasteiger partial charge in [0.1, 0.15) is 0 Å². The molecule has 0 amide bonds. The lowest BCUT2D eigenvalue weighted by molar-refractivity contribution is 0.166. The second kappa shape index (κ2) is 7.86. The summed E-state index contributed by atoms with van der Waals surface area (Å²) in [6, 6.07) is 19.0. The molecule has 1 N–H and O–H groups in total. The number of aliphatic hydroxyl groups is 1. The van der Waals surface area contributed by atoms with E-state index in [9.17, 15) is 5.11 Å². The third-order valence-corrected chi connectivity index (χ3v) is 3.67. The summed E-state index contributed by atoms with van der Waals surface area (Å²) in [6.45, 7) is 2.10. The molecule has 0 spiro atoms. The van der Waals surface area contributed by atoms with E-state index < -0.39 is 0 Å². The molecule has 2 aromatic carbocycles. The van der Waals surface area contributed by atoms with Crippen molar-refractivity contribution in [3.8, 4) is 0 Å². The number of aliphatic hydroxyl groups excluding tert-OH is 1. The number of aryl methyl sites for hydroxylation is 2. The van der Waals surface area contributed by atoms with Gasteiger partial charge in [-0.05, 0) is 42.4 Å². The summed E-state index contributed by atoms with van der Waals surface area (Å²) >= 11 is 0. The van der Waals surface area contributed by atoms with Crippen LogP contribution in [0.3, 0.4) is 0 Å². The lowest BCUT2D eigenvalue weighted by atomic mass is 9.99. The van der Waals surface area contributed by atoms with Gasteiger partial charge in [-0.1, -0.05) is 67.9 Å². The number of hydrogen-bond acceptors (Lipinski definition) is 1. The zero-order valence-electron chi connectivity index (χ0n) is 12.3. The average Bonchev–Trinajstić information content (AvgIpc) is 2.49. The number of rotatable bonds is 7. The first kappa shape index (κ1) is 14.8. The van der Waals surface area contributed by atoms with Crippen LogP contribution in [0.1, 0.15) is 49.0 Å². The molecule has 2 aromatic rings. The molecule has 0 aliphatic rings. The van der Waals surface area contributed by atoms with Crippen LogP contribution >= 0.6 is 0 Å². The van der Waals surface area contributed by atoms with E-state index >= 15 is 0 Å². The van der Waals surface area contributed by atoms with E-state index in [1.54, 1.807) is 0 Å². The Kier molecular flexibility index (Phi) is 5.82. The van der Waals surface area contributed by atoms with Crippen molar-refractivity contribution >= 4 is 0 Å². The van der Waals surface area contributed by atoms with Crippen LogP contribution in [-0.2, 0) is 12.8 Å². The molecular formula is C19H24O. The van der Waals surface area contributed by atoms with Crippen molar-refractivity contribution in [2.75, 3.05) is 0 Å². The zero-order valence-corrected chi connectivity index (χ0v) is 12.3. The minimum atomic E-state index is -0.311. The van der Waals surface area contributed by atoms with Crippen molar-refractivity contribution in [1.82, 2.24) is 0 Å². The maximum absolute atomic E-state index is 10.0. The van der Waals surface area contributed by atoms with E-state index in [4.69, 9.17) is 0 Å². The average molecular weight is 268 g/mol. The van der Waals surface area contributed by atoms with Gasteiger partial charge in [0.2, 0.25) is 0 Å². The summed E-state index contributed by atoms with van der Waals surface area (Å²) in [7, 11) is 0. The predicted octanol–water partition coefficient (Wildman–Crippen LogP) is 4.70. The van der Waals surface area contributed by atoms with Gasteiger partial charge in [0, 0.05) is 0 Å². The molecule has 20 heavy (non-hydrogen) atoms. The van der Waals surface area contributed by atoms with E-state index in [-0.39, 0.29) is 6.10 Å². The fourth-order valence-corrected chi connectivity index (χ4v) is 2.54. The third kappa shape index (κ3) is 4.50. The highest BCUT2D eigenvalue weighted by Crippen LogP contribution is 2.20. The Morgan fingerprint density at radius 1 is 0.900 bits per heavy atom. The Balaban J connectivity index is 1.88. The van der Waals surface area contributed by atoms with Gasteiger partial charge in [-0.25, -0.2) is 0 Å². The summed E-state index contributed by atoms with van der Waals surface area (Å²) in [5, 5.41) is 10.0. The molecule has 0 heterocycles. The molecule has 1 unspecified atom stereocenters. The standard InChI is InChI=1S/C19H24O/c1-2-8-19(20)18-14-7-13-17(15-18)12-6-11-16-9-4-3-5-10-16/h3-5,7,9-10,13-15,19-20H,2,6,8,11-12H2,1H3. The molecule has 0 aromatic heterocycles. The number of benzene rings is 2. The molecule has 2 rings (SSSR count). The van der Waals surface area contributed by atoms with Gasteiger partial charge in [-0.2, -0.15) is 0 Å². The van der Waals surface area contributed by atoms with Gasteiger partial charge < -0.3 is 5.11 Å². The maximum atomic E-state index is 10.0. The molecule has 0 bridgehead atoms. The van der Waals surface area contributed by atoms with Crippen LogP contribution in [0.2, 0.25) is 0 Å². The van der Waals surface area contributed by atoms with Crippen molar-refractivity contribution in [2.24, 2.45) is 0 Å². The molecule has 1 atom stereocenters. The van der Waals surface area contributed by atoms with Crippen molar-refractivity contribution in [3.63, 3.8) is 0 Å². The lowest BCUT2D eigenvalue weighted by Gasteiger charge is -2.11. The monoisotopic (exact) mass is 268 g/mol. The van der Waals surface area contributed by atoms with Crippen molar-refractivity contribution in [3.05, 3.63) is 71.3 Å². The minimum Gasteiger partial charge on any atom is -0.388 e. The molecule has 1 nitrogen and oxygen atoms in total. The molecule has 0 saturated heterocycles. The Hall–Kier alpha value is -1.60. The van der Waals surface area contributed by atoms with Crippen molar-refractivity contribution in [2.45, 2.75) is 45.1 Å². The van der Waals surface area contributed by atoms with Crippen LogP contribution in [0.4, 0.5) is 0 Å². The Labute approximate surface area is 122 Å². The summed E-state index contributed by atoms with van der Waals surface area (Å²) in [6.07, 6.45) is 4.88. The van der Waals surface area contributed by atoms with Crippen LogP contribution in [0, 0.1) is 0 Å². The summed E-state index contributed by atoms with van der Waals surface area (Å²) in [5.74, 6) is 0. The maximum Gasteiger partial charge on any atom is 0.0790 e. The Morgan fingerprint density at radius 3 is 2.35 bits per heavy atom. The van der Waals surface area contributed by atoms with Crippen LogP contribution in [0.25, 0.3) is 0 Å². The Bertz CT molecular complexity index is 504. The van der Waals surface area contributed by atoms with Crippen molar-refractivity contribution in [1.29, 1.82) is 0 Å². The van der Waals surface area contributed by atoms with Crippen LogP contribution in [0.5, 0.6) is 0 Å². The first-order valence-electron chi connectivity index (χ1n) is 7.60. The third-order valence-electron chi connectivity index (χ3n) is 3.67. The Morgan fingerprint density at radius 2 is 1.60 bits per heavy atom. The molecule has 1 heteroatoms.